The van der Waals surface area contributed by atoms with Crippen LogP contribution < -0.4 is 19.5 Å². The fourth-order valence-corrected chi connectivity index (χ4v) is 6.49. The lowest BCUT2D eigenvalue weighted by atomic mass is 9.89. The van der Waals surface area contributed by atoms with E-state index in [4.69, 9.17) is 14.2 Å². The maximum absolute atomic E-state index is 12.9. The molecule has 1 aliphatic carbocycles. The van der Waals surface area contributed by atoms with Crippen LogP contribution in [0.25, 0.3) is 11.4 Å². The van der Waals surface area contributed by atoms with E-state index in [-0.39, 0.29) is 11.7 Å². The molecule has 1 aliphatic rings. The lowest BCUT2D eigenvalue weighted by Gasteiger charge is -2.17. The van der Waals surface area contributed by atoms with Crippen LogP contribution in [0.15, 0.2) is 29.9 Å². The Balaban J connectivity index is 1.54. The highest BCUT2D eigenvalue weighted by molar-refractivity contribution is 7.99. The highest BCUT2D eigenvalue weighted by atomic mass is 32.2. The normalized spacial score (nSPS) is 14.4. The third-order valence-electron chi connectivity index (χ3n) is 6.16. The fourth-order valence-electron chi connectivity index (χ4n) is 4.36. The Labute approximate surface area is 224 Å². The van der Waals surface area contributed by atoms with Gasteiger partial charge < -0.3 is 19.5 Å². The molecule has 0 radical (unpaired) electrons. The number of anilines is 1. The molecular formula is C26H29N5O4S2. The molecule has 1 N–H and O–H groups in total. The van der Waals surface area contributed by atoms with E-state index in [1.54, 1.807) is 39.5 Å². The molecule has 194 valence electrons. The van der Waals surface area contributed by atoms with Crippen LogP contribution in [-0.2, 0) is 24.2 Å². The smallest absolute Gasteiger partial charge is 0.235 e. The van der Waals surface area contributed by atoms with Gasteiger partial charge in [-0.2, -0.15) is 5.26 Å². The molecule has 1 unspecified atom stereocenters. The summed E-state index contributed by atoms with van der Waals surface area (Å²) >= 11 is 2.79. The van der Waals surface area contributed by atoms with Gasteiger partial charge in [0.1, 0.15) is 11.1 Å². The largest absolute Gasteiger partial charge is 0.493 e. The number of fused-ring (bicyclic) bond motifs is 1. The fraction of sp³-hybridized carbons (Fsp3) is 0.385. The van der Waals surface area contributed by atoms with Gasteiger partial charge >= 0.3 is 0 Å². The third-order valence-corrected chi connectivity index (χ3v) is 8.30. The quantitative estimate of drug-likeness (QED) is 0.285. The van der Waals surface area contributed by atoms with Gasteiger partial charge in [-0.1, -0.05) is 24.8 Å². The minimum atomic E-state index is -0.198. The van der Waals surface area contributed by atoms with Crippen molar-refractivity contribution in [3.63, 3.8) is 0 Å². The zero-order valence-electron chi connectivity index (χ0n) is 21.3. The number of hydrogen-bond donors (Lipinski definition) is 1. The van der Waals surface area contributed by atoms with Gasteiger partial charge in [0.15, 0.2) is 22.5 Å². The number of aromatic nitrogens is 3. The molecule has 9 nitrogen and oxygen atoms in total. The Hall–Kier alpha value is -3.49. The van der Waals surface area contributed by atoms with Crippen molar-refractivity contribution in [1.29, 1.82) is 5.26 Å². The first kappa shape index (κ1) is 26.6. The van der Waals surface area contributed by atoms with E-state index in [0.717, 1.165) is 30.4 Å². The lowest BCUT2D eigenvalue weighted by Crippen LogP contribution is -2.15. The predicted molar refractivity (Wildman–Crippen MR) is 145 cm³/mol. The number of methoxy groups -OCH3 is 3. The second-order valence-electron chi connectivity index (χ2n) is 8.62. The van der Waals surface area contributed by atoms with Crippen LogP contribution in [0, 0.1) is 17.2 Å². The van der Waals surface area contributed by atoms with Crippen molar-refractivity contribution in [3.05, 3.63) is 40.8 Å². The van der Waals surface area contributed by atoms with Gasteiger partial charge in [-0.05, 0) is 42.9 Å². The highest BCUT2D eigenvalue weighted by Crippen LogP contribution is 2.42. The average Bonchev–Trinajstić information content (AvgIpc) is 3.46. The SMILES string of the molecule is C=CCn1c(SCC(=O)Nc2sc3c(c2C#N)CCC(C)C3)nnc1-c1cc(OC)c(OC)c(OC)c1. The first-order valence-corrected chi connectivity index (χ1v) is 13.6. The van der Waals surface area contributed by atoms with E-state index in [0.29, 0.717) is 51.3 Å². The minimum Gasteiger partial charge on any atom is -0.493 e. The number of rotatable bonds is 10. The number of carbonyl (C=O) groups is 1. The summed E-state index contributed by atoms with van der Waals surface area (Å²) in [6.45, 7) is 6.51. The number of nitriles is 1. The number of carbonyl (C=O) groups excluding carboxylic acids is 1. The van der Waals surface area contributed by atoms with Crippen LogP contribution in [0.2, 0.25) is 0 Å². The first-order chi connectivity index (χ1) is 17.9. The molecule has 0 aliphatic heterocycles. The molecule has 11 heteroatoms. The van der Waals surface area contributed by atoms with Crippen LogP contribution in [0.3, 0.4) is 0 Å². The standard InChI is InChI=1S/C26H29N5O4S2/c1-6-9-31-24(16-11-19(33-3)23(35-5)20(12-16)34-4)29-30-26(31)36-14-22(32)28-25-18(13-27)17-8-7-15(2)10-21(17)37-25/h6,11-12,15H,1,7-10,14H2,2-5H3,(H,28,32). The summed E-state index contributed by atoms with van der Waals surface area (Å²) in [5.74, 6) is 2.57. The number of ether oxygens (including phenoxy) is 3. The maximum atomic E-state index is 12.9. The molecule has 0 bridgehead atoms. The summed E-state index contributed by atoms with van der Waals surface area (Å²) in [5, 5.41) is 22.6. The number of nitrogens with one attached hydrogen (secondary N) is 1. The molecule has 2 heterocycles. The number of amides is 1. The van der Waals surface area contributed by atoms with Gasteiger partial charge in [0.25, 0.3) is 0 Å². The van der Waals surface area contributed by atoms with Gasteiger partial charge in [0, 0.05) is 17.0 Å². The van der Waals surface area contributed by atoms with E-state index < -0.39 is 0 Å². The number of benzene rings is 1. The second-order valence-corrected chi connectivity index (χ2v) is 10.7. The first-order valence-electron chi connectivity index (χ1n) is 11.8. The summed E-state index contributed by atoms with van der Waals surface area (Å²) in [6, 6.07) is 5.89. The summed E-state index contributed by atoms with van der Waals surface area (Å²) < 4.78 is 18.2. The topological polar surface area (TPSA) is 111 Å². The molecule has 2 aromatic heterocycles. The molecule has 1 aromatic carbocycles. The van der Waals surface area contributed by atoms with Gasteiger partial charge in [0.2, 0.25) is 11.7 Å². The average molecular weight is 540 g/mol. The van der Waals surface area contributed by atoms with Gasteiger partial charge in [-0.15, -0.1) is 28.1 Å². The van der Waals surface area contributed by atoms with Crippen LogP contribution in [-0.4, -0.2) is 47.8 Å². The van der Waals surface area contributed by atoms with Crippen molar-refractivity contribution in [2.45, 2.75) is 37.9 Å². The van der Waals surface area contributed by atoms with Gasteiger partial charge in [0.05, 0.1) is 32.6 Å². The highest BCUT2D eigenvalue weighted by Gasteiger charge is 2.25. The predicted octanol–water partition coefficient (Wildman–Crippen LogP) is 4.95. The van der Waals surface area contributed by atoms with Crippen molar-refractivity contribution >= 4 is 34.0 Å². The van der Waals surface area contributed by atoms with Gasteiger partial charge in [-0.3, -0.25) is 9.36 Å². The Morgan fingerprint density at radius 2 is 2.03 bits per heavy atom. The molecule has 1 atom stereocenters. The summed E-state index contributed by atoms with van der Waals surface area (Å²) in [4.78, 5) is 14.1. The molecule has 3 aromatic rings. The van der Waals surface area contributed by atoms with E-state index in [1.165, 1.54) is 28.0 Å². The van der Waals surface area contributed by atoms with Crippen molar-refractivity contribution in [2.75, 3.05) is 32.4 Å². The Kier molecular flexibility index (Phi) is 8.41. The molecule has 1 amide bonds. The summed E-state index contributed by atoms with van der Waals surface area (Å²) in [5.41, 5.74) is 2.41. The second kappa shape index (κ2) is 11.7. The number of hydrogen-bond acceptors (Lipinski definition) is 9. The summed E-state index contributed by atoms with van der Waals surface area (Å²) in [6.07, 6.45) is 4.64. The van der Waals surface area contributed by atoms with Crippen molar-refractivity contribution in [2.24, 2.45) is 5.92 Å². The van der Waals surface area contributed by atoms with Crippen LogP contribution >= 0.6 is 23.1 Å². The Bertz CT molecular complexity index is 1330. The monoisotopic (exact) mass is 539 g/mol. The molecule has 0 saturated heterocycles. The van der Waals surface area contributed by atoms with Crippen LogP contribution in [0.1, 0.15) is 29.3 Å². The molecule has 0 saturated carbocycles. The van der Waals surface area contributed by atoms with Crippen molar-refractivity contribution in [1.82, 2.24) is 14.8 Å². The Morgan fingerprint density at radius 1 is 1.30 bits per heavy atom. The van der Waals surface area contributed by atoms with E-state index in [2.05, 4.69) is 35.1 Å². The molecule has 0 spiro atoms. The number of nitrogens with zero attached hydrogens (tertiary/aromatic N) is 4. The number of thiophene rings is 1. The number of thioether (sulfide) groups is 1. The lowest BCUT2D eigenvalue weighted by molar-refractivity contribution is -0.113. The molecule has 0 fully saturated rings. The zero-order chi connectivity index (χ0) is 26.5. The van der Waals surface area contributed by atoms with Gasteiger partial charge in [-0.25, -0.2) is 0 Å². The van der Waals surface area contributed by atoms with Crippen LogP contribution in [0.5, 0.6) is 17.2 Å². The minimum absolute atomic E-state index is 0.119. The van der Waals surface area contributed by atoms with Crippen molar-refractivity contribution < 1.29 is 19.0 Å². The van der Waals surface area contributed by atoms with Crippen molar-refractivity contribution in [3.8, 4) is 34.7 Å². The van der Waals surface area contributed by atoms with Crippen LogP contribution in [0.4, 0.5) is 5.00 Å². The number of allylic oxidation sites excluding steroid dienone is 1. The third kappa shape index (κ3) is 5.45. The zero-order valence-corrected chi connectivity index (χ0v) is 22.9. The molecular weight excluding hydrogens is 510 g/mol. The van der Waals surface area contributed by atoms with E-state index in [1.807, 2.05) is 4.57 Å². The Morgan fingerprint density at radius 3 is 2.65 bits per heavy atom. The molecule has 4 rings (SSSR count). The molecule has 37 heavy (non-hydrogen) atoms. The van der Waals surface area contributed by atoms with E-state index in [9.17, 15) is 10.1 Å². The maximum Gasteiger partial charge on any atom is 0.235 e. The summed E-state index contributed by atoms with van der Waals surface area (Å²) in [7, 11) is 4.65. The van der Waals surface area contributed by atoms with E-state index >= 15 is 0 Å².